The topological polar surface area (TPSA) is 90.7 Å². The highest BCUT2D eigenvalue weighted by Crippen LogP contribution is 2.18. The summed E-state index contributed by atoms with van der Waals surface area (Å²) in [4.78, 5) is 24.6. The SMILES string of the molecule is CCOC(=O)C(CNC(=O)C(N)C1CCOCC1)Cc1ccccc1.Cl. The van der Waals surface area contributed by atoms with E-state index in [0.717, 1.165) is 18.4 Å². The Hall–Kier alpha value is -1.63. The number of rotatable bonds is 8. The lowest BCUT2D eigenvalue weighted by atomic mass is 9.91. The summed E-state index contributed by atoms with van der Waals surface area (Å²) in [6, 6.07) is 9.14. The monoisotopic (exact) mass is 384 g/mol. The molecule has 0 aliphatic carbocycles. The average molecular weight is 385 g/mol. The number of benzene rings is 1. The van der Waals surface area contributed by atoms with Crippen LogP contribution in [0.4, 0.5) is 0 Å². The van der Waals surface area contributed by atoms with Crippen LogP contribution in [0.15, 0.2) is 30.3 Å². The molecule has 1 heterocycles. The molecule has 0 aromatic heterocycles. The zero-order chi connectivity index (χ0) is 18.1. The third kappa shape index (κ3) is 6.94. The minimum Gasteiger partial charge on any atom is -0.466 e. The number of hydrogen-bond acceptors (Lipinski definition) is 5. The van der Waals surface area contributed by atoms with E-state index in [1.807, 2.05) is 30.3 Å². The maximum absolute atomic E-state index is 12.4. The Balaban J connectivity index is 0.00000338. The third-order valence-electron chi connectivity index (χ3n) is 4.54. The highest BCUT2D eigenvalue weighted by molar-refractivity contribution is 5.85. The predicted octanol–water partition coefficient (Wildman–Crippen LogP) is 1.70. The summed E-state index contributed by atoms with van der Waals surface area (Å²) < 4.78 is 10.5. The largest absolute Gasteiger partial charge is 0.466 e. The van der Waals surface area contributed by atoms with Crippen LogP contribution in [-0.4, -0.2) is 44.3 Å². The summed E-state index contributed by atoms with van der Waals surface area (Å²) in [5, 5.41) is 2.83. The predicted molar refractivity (Wildman–Crippen MR) is 102 cm³/mol. The second-order valence-corrected chi connectivity index (χ2v) is 6.36. The van der Waals surface area contributed by atoms with Gasteiger partial charge in [-0.3, -0.25) is 9.59 Å². The van der Waals surface area contributed by atoms with Gasteiger partial charge < -0.3 is 20.5 Å². The van der Waals surface area contributed by atoms with Crippen LogP contribution in [0.5, 0.6) is 0 Å². The van der Waals surface area contributed by atoms with Crippen molar-refractivity contribution in [3.8, 4) is 0 Å². The minimum atomic E-state index is -0.566. The fraction of sp³-hybridized carbons (Fsp3) is 0.579. The molecule has 2 atom stereocenters. The Morgan fingerprint density at radius 2 is 1.92 bits per heavy atom. The van der Waals surface area contributed by atoms with Gasteiger partial charge in [0.2, 0.25) is 5.91 Å². The van der Waals surface area contributed by atoms with Crippen LogP contribution in [0, 0.1) is 11.8 Å². The first-order valence-electron chi connectivity index (χ1n) is 8.93. The Morgan fingerprint density at radius 1 is 1.27 bits per heavy atom. The van der Waals surface area contributed by atoms with E-state index in [1.165, 1.54) is 0 Å². The van der Waals surface area contributed by atoms with Crippen LogP contribution in [0.2, 0.25) is 0 Å². The minimum absolute atomic E-state index is 0. The van der Waals surface area contributed by atoms with E-state index in [-0.39, 0.29) is 36.7 Å². The third-order valence-corrected chi connectivity index (χ3v) is 4.54. The number of amides is 1. The average Bonchev–Trinajstić information content (AvgIpc) is 2.66. The molecule has 2 rings (SSSR count). The summed E-state index contributed by atoms with van der Waals surface area (Å²) in [5.74, 6) is -0.808. The molecule has 1 aromatic rings. The van der Waals surface area contributed by atoms with E-state index < -0.39 is 12.0 Å². The van der Waals surface area contributed by atoms with Crippen molar-refractivity contribution < 1.29 is 19.1 Å². The van der Waals surface area contributed by atoms with Crippen LogP contribution in [-0.2, 0) is 25.5 Å². The first kappa shape index (κ1) is 22.4. The number of nitrogens with one attached hydrogen (secondary N) is 1. The molecule has 0 spiro atoms. The van der Waals surface area contributed by atoms with Crippen LogP contribution in [0.25, 0.3) is 0 Å². The molecule has 1 fully saturated rings. The second kappa shape index (κ2) is 11.9. The van der Waals surface area contributed by atoms with Crippen molar-refractivity contribution in [2.24, 2.45) is 17.6 Å². The number of hydrogen-bond donors (Lipinski definition) is 2. The van der Waals surface area contributed by atoms with Gasteiger partial charge in [0.15, 0.2) is 0 Å². The molecule has 0 radical (unpaired) electrons. The van der Waals surface area contributed by atoms with Crippen molar-refractivity contribution >= 4 is 24.3 Å². The number of nitrogens with two attached hydrogens (primary N) is 1. The lowest BCUT2D eigenvalue weighted by molar-refractivity contribution is -0.147. The van der Waals surface area contributed by atoms with E-state index in [4.69, 9.17) is 15.2 Å². The first-order valence-corrected chi connectivity index (χ1v) is 8.93. The first-order chi connectivity index (χ1) is 12.1. The molecule has 2 unspecified atom stereocenters. The lowest BCUT2D eigenvalue weighted by Crippen LogP contribution is -2.48. The van der Waals surface area contributed by atoms with Crippen molar-refractivity contribution in [3.05, 3.63) is 35.9 Å². The Bertz CT molecular complexity index is 550. The van der Waals surface area contributed by atoms with E-state index >= 15 is 0 Å². The van der Waals surface area contributed by atoms with Crippen molar-refractivity contribution in [1.29, 1.82) is 0 Å². The molecule has 1 aliphatic rings. The van der Waals surface area contributed by atoms with Crippen LogP contribution in [0.3, 0.4) is 0 Å². The molecule has 0 bridgehead atoms. The van der Waals surface area contributed by atoms with Gasteiger partial charge in [-0.25, -0.2) is 0 Å². The van der Waals surface area contributed by atoms with Gasteiger partial charge in [0.1, 0.15) is 0 Å². The maximum atomic E-state index is 12.4. The maximum Gasteiger partial charge on any atom is 0.311 e. The number of carbonyl (C=O) groups is 2. The van der Waals surface area contributed by atoms with E-state index in [1.54, 1.807) is 6.92 Å². The summed E-state index contributed by atoms with van der Waals surface area (Å²) in [7, 11) is 0. The fourth-order valence-electron chi connectivity index (χ4n) is 3.03. The molecule has 7 heteroatoms. The molecular formula is C19H29ClN2O4. The number of ether oxygens (including phenoxy) is 2. The summed E-state index contributed by atoms with van der Waals surface area (Å²) in [5.41, 5.74) is 7.11. The molecule has 1 amide bonds. The van der Waals surface area contributed by atoms with Gasteiger partial charge in [-0.05, 0) is 37.7 Å². The van der Waals surface area contributed by atoms with Gasteiger partial charge in [-0.15, -0.1) is 12.4 Å². The molecule has 0 saturated carbocycles. The highest BCUT2D eigenvalue weighted by atomic mass is 35.5. The standard InChI is InChI=1S/C19H28N2O4.ClH/c1-2-25-19(23)16(12-14-6-4-3-5-7-14)13-21-18(22)17(20)15-8-10-24-11-9-15;/h3-7,15-17H,2,8-13,20H2,1H3,(H,21,22);1H. The molecular weight excluding hydrogens is 356 g/mol. The highest BCUT2D eigenvalue weighted by Gasteiger charge is 2.28. The molecule has 146 valence electrons. The number of carbonyl (C=O) groups excluding carboxylic acids is 2. The molecule has 1 saturated heterocycles. The van der Waals surface area contributed by atoms with Crippen LogP contribution >= 0.6 is 12.4 Å². The molecule has 1 aromatic carbocycles. The Kier molecular flexibility index (Phi) is 10.2. The second-order valence-electron chi connectivity index (χ2n) is 6.36. The summed E-state index contributed by atoms with van der Waals surface area (Å²) in [6.07, 6.45) is 2.10. The smallest absolute Gasteiger partial charge is 0.311 e. The molecule has 6 nitrogen and oxygen atoms in total. The quantitative estimate of drug-likeness (QED) is 0.666. The van der Waals surface area contributed by atoms with Gasteiger partial charge in [0.25, 0.3) is 0 Å². The van der Waals surface area contributed by atoms with Crippen molar-refractivity contribution in [2.45, 2.75) is 32.2 Å². The molecule has 3 N–H and O–H groups in total. The van der Waals surface area contributed by atoms with Gasteiger partial charge >= 0.3 is 5.97 Å². The van der Waals surface area contributed by atoms with E-state index in [0.29, 0.717) is 26.2 Å². The van der Waals surface area contributed by atoms with Gasteiger partial charge in [0, 0.05) is 19.8 Å². The van der Waals surface area contributed by atoms with Crippen LogP contribution < -0.4 is 11.1 Å². The number of esters is 1. The van der Waals surface area contributed by atoms with Crippen molar-refractivity contribution in [1.82, 2.24) is 5.32 Å². The van der Waals surface area contributed by atoms with Gasteiger partial charge in [0.05, 0.1) is 18.6 Å². The number of halogens is 1. The summed E-state index contributed by atoms with van der Waals surface area (Å²) in [6.45, 7) is 3.61. The van der Waals surface area contributed by atoms with Gasteiger partial charge in [-0.1, -0.05) is 30.3 Å². The molecule has 1 aliphatic heterocycles. The fourth-order valence-corrected chi connectivity index (χ4v) is 3.03. The van der Waals surface area contributed by atoms with E-state index in [9.17, 15) is 9.59 Å². The van der Waals surface area contributed by atoms with Crippen molar-refractivity contribution in [3.63, 3.8) is 0 Å². The normalized spacial score (nSPS) is 16.8. The zero-order valence-electron chi connectivity index (χ0n) is 15.2. The summed E-state index contributed by atoms with van der Waals surface area (Å²) >= 11 is 0. The van der Waals surface area contributed by atoms with Crippen molar-refractivity contribution in [2.75, 3.05) is 26.4 Å². The zero-order valence-corrected chi connectivity index (χ0v) is 16.0. The Morgan fingerprint density at radius 3 is 2.54 bits per heavy atom. The van der Waals surface area contributed by atoms with Gasteiger partial charge in [-0.2, -0.15) is 0 Å². The molecule has 26 heavy (non-hydrogen) atoms. The van der Waals surface area contributed by atoms with Crippen LogP contribution in [0.1, 0.15) is 25.3 Å². The Labute approximate surface area is 161 Å². The van der Waals surface area contributed by atoms with E-state index in [2.05, 4.69) is 5.32 Å². The lowest BCUT2D eigenvalue weighted by Gasteiger charge is -2.27.